The molecule has 2 amide bonds. The predicted molar refractivity (Wildman–Crippen MR) is 93.0 cm³/mol. The van der Waals surface area contributed by atoms with Gasteiger partial charge in [0.2, 0.25) is 0 Å². The van der Waals surface area contributed by atoms with Crippen molar-refractivity contribution in [2.75, 3.05) is 38.8 Å². The largest absolute Gasteiger partial charge is 0.446 e. The molecule has 1 aromatic rings. The van der Waals surface area contributed by atoms with Crippen LogP contribution in [-0.2, 0) is 14.2 Å². The number of ether oxygens (including phenoxy) is 4. The molecule has 8 heteroatoms. The van der Waals surface area contributed by atoms with Gasteiger partial charge in [0.1, 0.15) is 11.9 Å². The van der Waals surface area contributed by atoms with E-state index in [-0.39, 0.29) is 6.10 Å². The van der Waals surface area contributed by atoms with Crippen molar-refractivity contribution in [2.45, 2.75) is 26.4 Å². The number of nitrogens with one attached hydrogen (secondary N) is 2. The third kappa shape index (κ3) is 9.53. The molecule has 1 aromatic carbocycles. The van der Waals surface area contributed by atoms with Gasteiger partial charge in [-0.25, -0.2) is 9.59 Å². The minimum Gasteiger partial charge on any atom is -0.446 e. The number of methoxy groups -OCH3 is 1. The summed E-state index contributed by atoms with van der Waals surface area (Å²) in [5.41, 5.74) is 0.549. The Hall–Kier alpha value is -2.32. The van der Waals surface area contributed by atoms with Crippen LogP contribution in [0.3, 0.4) is 0 Å². The van der Waals surface area contributed by atoms with Gasteiger partial charge in [0.15, 0.2) is 0 Å². The van der Waals surface area contributed by atoms with Crippen LogP contribution in [0.5, 0.6) is 5.75 Å². The van der Waals surface area contributed by atoms with Crippen LogP contribution in [0.15, 0.2) is 24.3 Å². The number of benzene rings is 1. The number of hydrogen-bond donors (Lipinski definition) is 2. The summed E-state index contributed by atoms with van der Waals surface area (Å²) in [7, 11) is 1.59. The summed E-state index contributed by atoms with van der Waals surface area (Å²) in [5.74, 6) is 0.360. The van der Waals surface area contributed by atoms with E-state index in [1.165, 1.54) is 0 Å². The smallest absolute Gasteiger partial charge is 0.412 e. The van der Waals surface area contributed by atoms with Gasteiger partial charge in [0.25, 0.3) is 0 Å². The van der Waals surface area contributed by atoms with Gasteiger partial charge < -0.3 is 24.3 Å². The van der Waals surface area contributed by atoms with Crippen LogP contribution in [0, 0.1) is 0 Å². The highest BCUT2D eigenvalue weighted by Crippen LogP contribution is 2.16. The second-order valence-corrected chi connectivity index (χ2v) is 5.20. The van der Waals surface area contributed by atoms with Crippen LogP contribution < -0.4 is 15.4 Å². The molecule has 1 rings (SSSR count). The summed E-state index contributed by atoms with van der Waals surface area (Å²) >= 11 is 0. The lowest BCUT2D eigenvalue weighted by atomic mass is 10.3. The lowest BCUT2D eigenvalue weighted by Gasteiger charge is -2.12. The zero-order valence-corrected chi connectivity index (χ0v) is 14.9. The molecule has 0 radical (unpaired) electrons. The first-order valence-electron chi connectivity index (χ1n) is 8.15. The van der Waals surface area contributed by atoms with E-state index in [1.54, 1.807) is 31.4 Å². The van der Waals surface area contributed by atoms with Crippen molar-refractivity contribution in [1.82, 2.24) is 5.32 Å². The highest BCUT2D eigenvalue weighted by Gasteiger charge is 2.08. The van der Waals surface area contributed by atoms with Crippen molar-refractivity contribution in [3.05, 3.63) is 24.3 Å². The summed E-state index contributed by atoms with van der Waals surface area (Å²) in [6.07, 6.45) is -0.501. The first-order chi connectivity index (χ1) is 12.0. The van der Waals surface area contributed by atoms with Crippen molar-refractivity contribution < 1.29 is 28.5 Å². The van der Waals surface area contributed by atoms with Gasteiger partial charge in [-0.2, -0.15) is 0 Å². The van der Waals surface area contributed by atoms with Gasteiger partial charge in [-0.1, -0.05) is 6.92 Å². The Labute approximate surface area is 147 Å². The zero-order valence-electron chi connectivity index (χ0n) is 14.9. The third-order valence-corrected chi connectivity index (χ3v) is 3.14. The molecule has 0 heterocycles. The van der Waals surface area contributed by atoms with Crippen molar-refractivity contribution >= 4 is 17.9 Å². The molecule has 0 aliphatic carbocycles. The van der Waals surface area contributed by atoms with Crippen LogP contribution in [0.2, 0.25) is 0 Å². The summed E-state index contributed by atoms with van der Waals surface area (Å²) in [5, 5.41) is 5.17. The summed E-state index contributed by atoms with van der Waals surface area (Å²) in [4.78, 5) is 23.2. The van der Waals surface area contributed by atoms with E-state index in [9.17, 15) is 9.59 Å². The van der Waals surface area contributed by atoms with Crippen LogP contribution in [0.1, 0.15) is 20.3 Å². The van der Waals surface area contributed by atoms with Gasteiger partial charge >= 0.3 is 12.2 Å². The Kier molecular flexibility index (Phi) is 10.0. The summed E-state index contributed by atoms with van der Waals surface area (Å²) < 4.78 is 20.3. The average molecular weight is 354 g/mol. The van der Waals surface area contributed by atoms with Crippen molar-refractivity contribution in [1.29, 1.82) is 0 Å². The molecule has 1 unspecified atom stereocenters. The molecule has 0 fully saturated rings. The molecule has 0 bridgehead atoms. The van der Waals surface area contributed by atoms with E-state index in [4.69, 9.17) is 18.9 Å². The number of carbonyl (C=O) groups is 2. The monoisotopic (exact) mass is 354 g/mol. The molecular weight excluding hydrogens is 328 g/mol. The molecule has 0 saturated carbocycles. The van der Waals surface area contributed by atoms with E-state index < -0.39 is 12.2 Å². The van der Waals surface area contributed by atoms with E-state index >= 15 is 0 Å². The fourth-order valence-corrected chi connectivity index (χ4v) is 1.63. The van der Waals surface area contributed by atoms with Gasteiger partial charge in [-0.05, 0) is 37.6 Å². The van der Waals surface area contributed by atoms with Crippen molar-refractivity contribution in [3.63, 3.8) is 0 Å². The predicted octanol–water partition coefficient (Wildman–Crippen LogP) is 2.79. The van der Waals surface area contributed by atoms with Crippen LogP contribution in [0.25, 0.3) is 0 Å². The maximum Gasteiger partial charge on any atom is 0.412 e. The van der Waals surface area contributed by atoms with Crippen LogP contribution in [-0.4, -0.2) is 51.8 Å². The second-order valence-electron chi connectivity index (χ2n) is 5.20. The number of carbonyl (C=O) groups excluding carboxylic acids is 2. The number of amides is 2. The molecule has 8 nitrogen and oxygen atoms in total. The molecule has 0 saturated heterocycles. The van der Waals surface area contributed by atoms with Crippen molar-refractivity contribution in [2.24, 2.45) is 0 Å². The molecule has 25 heavy (non-hydrogen) atoms. The minimum absolute atomic E-state index is 0.148. The Morgan fingerprint density at radius 2 is 1.80 bits per heavy atom. The Morgan fingerprint density at radius 1 is 1.08 bits per heavy atom. The van der Waals surface area contributed by atoms with E-state index in [0.717, 1.165) is 6.42 Å². The molecular formula is C17H26N2O6. The minimum atomic E-state index is -0.577. The van der Waals surface area contributed by atoms with E-state index in [2.05, 4.69) is 10.6 Å². The van der Waals surface area contributed by atoms with Gasteiger partial charge in [-0.15, -0.1) is 0 Å². The quantitative estimate of drug-likeness (QED) is 0.627. The van der Waals surface area contributed by atoms with E-state index in [1.807, 2.05) is 13.8 Å². The molecule has 0 spiro atoms. The molecule has 0 aliphatic rings. The number of anilines is 1. The molecule has 0 aromatic heterocycles. The molecule has 1 atom stereocenters. The van der Waals surface area contributed by atoms with Crippen molar-refractivity contribution in [3.8, 4) is 5.75 Å². The highest BCUT2D eigenvalue weighted by atomic mass is 16.6. The number of rotatable bonds is 10. The molecule has 2 N–H and O–H groups in total. The average Bonchev–Trinajstić information content (AvgIpc) is 2.59. The third-order valence-electron chi connectivity index (χ3n) is 3.14. The first-order valence-corrected chi connectivity index (χ1v) is 8.15. The lowest BCUT2D eigenvalue weighted by molar-refractivity contribution is 0.0719. The van der Waals surface area contributed by atoms with Crippen LogP contribution in [0.4, 0.5) is 15.3 Å². The summed E-state index contributed by atoms with van der Waals surface area (Å²) in [6.45, 7) is 5.44. The molecule has 140 valence electrons. The fourth-order valence-electron chi connectivity index (χ4n) is 1.63. The van der Waals surface area contributed by atoms with Gasteiger partial charge in [0, 0.05) is 19.3 Å². The topological polar surface area (TPSA) is 95.1 Å². The van der Waals surface area contributed by atoms with Gasteiger partial charge in [-0.3, -0.25) is 5.32 Å². The normalized spacial score (nSPS) is 11.5. The SMILES string of the molecule is CCC(C)OC(=O)Nc1ccc(OC(=O)NCCOCCOC)cc1. The summed E-state index contributed by atoms with van der Waals surface area (Å²) in [6, 6.07) is 6.39. The highest BCUT2D eigenvalue weighted by molar-refractivity contribution is 5.84. The second kappa shape index (κ2) is 12.1. The zero-order chi connectivity index (χ0) is 18.5. The number of hydrogen-bond acceptors (Lipinski definition) is 6. The maximum absolute atomic E-state index is 11.6. The Bertz CT molecular complexity index is 520. The lowest BCUT2D eigenvalue weighted by Crippen LogP contribution is -2.30. The maximum atomic E-state index is 11.6. The molecule has 0 aliphatic heterocycles. The Balaban J connectivity index is 2.29. The first kappa shape index (κ1) is 20.7. The van der Waals surface area contributed by atoms with Gasteiger partial charge in [0.05, 0.1) is 19.8 Å². The standard InChI is InChI=1S/C17H26N2O6/c1-4-13(2)24-17(21)19-14-5-7-15(8-6-14)25-16(20)18-9-10-23-12-11-22-3/h5-8,13H,4,9-12H2,1-3H3,(H,18,20)(H,19,21). The Morgan fingerprint density at radius 3 is 2.44 bits per heavy atom. The van der Waals surface area contributed by atoms with Crippen LogP contribution >= 0.6 is 0 Å². The van der Waals surface area contributed by atoms with E-state index in [0.29, 0.717) is 37.8 Å². The fraction of sp³-hybridized carbons (Fsp3) is 0.529.